The van der Waals surface area contributed by atoms with Crippen molar-refractivity contribution < 1.29 is 4.92 Å². The van der Waals surface area contributed by atoms with E-state index in [1.807, 2.05) is 30.9 Å². The van der Waals surface area contributed by atoms with Crippen LogP contribution in [-0.4, -0.2) is 21.2 Å². The maximum absolute atomic E-state index is 10.6. The predicted molar refractivity (Wildman–Crippen MR) is 73.3 cm³/mol. The number of aromatic nitrogens is 2. The summed E-state index contributed by atoms with van der Waals surface area (Å²) >= 11 is 0. The summed E-state index contributed by atoms with van der Waals surface area (Å²) in [5, 5.41) is 18.1. The normalized spacial score (nSPS) is 10.4. The van der Waals surface area contributed by atoms with Crippen LogP contribution in [0.3, 0.4) is 0 Å². The van der Waals surface area contributed by atoms with Crippen molar-refractivity contribution in [1.82, 2.24) is 9.78 Å². The lowest BCUT2D eigenvalue weighted by Crippen LogP contribution is -2.11. The van der Waals surface area contributed by atoms with Crippen molar-refractivity contribution in [1.29, 1.82) is 0 Å². The van der Waals surface area contributed by atoms with E-state index in [2.05, 4.69) is 10.4 Å². The number of hydrogen-bond donors (Lipinski definition) is 1. The summed E-state index contributed by atoms with van der Waals surface area (Å²) in [6.07, 6.45) is 3.79. The second-order valence-corrected chi connectivity index (χ2v) is 4.46. The molecule has 1 aromatic carbocycles. The predicted octanol–water partition coefficient (Wildman–Crippen LogP) is 2.52. The van der Waals surface area contributed by atoms with Crippen LogP contribution >= 0.6 is 0 Å². The van der Waals surface area contributed by atoms with Gasteiger partial charge in [-0.15, -0.1) is 0 Å². The van der Waals surface area contributed by atoms with Crippen LogP contribution in [-0.2, 0) is 6.54 Å². The third kappa shape index (κ3) is 3.31. The van der Waals surface area contributed by atoms with E-state index in [4.69, 9.17) is 0 Å². The van der Waals surface area contributed by atoms with Gasteiger partial charge in [-0.25, -0.2) is 0 Å². The van der Waals surface area contributed by atoms with E-state index in [1.54, 1.807) is 12.1 Å². The molecule has 0 fully saturated rings. The maximum atomic E-state index is 10.6. The van der Waals surface area contributed by atoms with Gasteiger partial charge in [-0.05, 0) is 31.0 Å². The SMILES string of the molecule is Cc1cnn(CCNc2ccc([N+](=O)[O-])cc2C)c1. The van der Waals surface area contributed by atoms with Gasteiger partial charge in [0.05, 0.1) is 17.7 Å². The molecule has 0 spiro atoms. The van der Waals surface area contributed by atoms with Crippen LogP contribution in [0.25, 0.3) is 0 Å². The molecular weight excluding hydrogens is 244 g/mol. The topological polar surface area (TPSA) is 73.0 Å². The zero-order valence-electron chi connectivity index (χ0n) is 11.0. The molecule has 1 N–H and O–H groups in total. The summed E-state index contributed by atoms with van der Waals surface area (Å²) in [6.45, 7) is 5.33. The Bertz CT molecular complexity index is 592. The summed E-state index contributed by atoms with van der Waals surface area (Å²) in [5.41, 5.74) is 3.03. The summed E-state index contributed by atoms with van der Waals surface area (Å²) in [7, 11) is 0. The molecule has 0 saturated heterocycles. The molecule has 0 aliphatic heterocycles. The van der Waals surface area contributed by atoms with Crippen molar-refractivity contribution in [2.24, 2.45) is 0 Å². The Morgan fingerprint density at radius 3 is 2.79 bits per heavy atom. The van der Waals surface area contributed by atoms with Crippen LogP contribution in [0.4, 0.5) is 11.4 Å². The number of rotatable bonds is 5. The first-order valence-corrected chi connectivity index (χ1v) is 6.04. The molecule has 0 aliphatic rings. The van der Waals surface area contributed by atoms with E-state index in [0.717, 1.165) is 29.9 Å². The Morgan fingerprint density at radius 2 is 2.21 bits per heavy atom. The molecule has 0 unspecified atom stereocenters. The van der Waals surface area contributed by atoms with Crippen molar-refractivity contribution in [3.8, 4) is 0 Å². The standard InChI is InChI=1S/C13H16N4O2/c1-10-8-15-16(9-10)6-5-14-13-4-3-12(17(18)19)7-11(13)2/h3-4,7-9,14H,5-6H2,1-2H3. The maximum Gasteiger partial charge on any atom is 0.269 e. The summed E-state index contributed by atoms with van der Waals surface area (Å²) in [6, 6.07) is 4.82. The third-order valence-corrected chi connectivity index (χ3v) is 2.84. The van der Waals surface area contributed by atoms with Crippen molar-refractivity contribution in [2.45, 2.75) is 20.4 Å². The average molecular weight is 260 g/mol. The van der Waals surface area contributed by atoms with Crippen LogP contribution in [0.2, 0.25) is 0 Å². The average Bonchev–Trinajstić information content (AvgIpc) is 2.77. The Hall–Kier alpha value is -2.37. The Morgan fingerprint density at radius 1 is 1.42 bits per heavy atom. The first-order chi connectivity index (χ1) is 9.06. The third-order valence-electron chi connectivity index (χ3n) is 2.84. The largest absolute Gasteiger partial charge is 0.383 e. The summed E-state index contributed by atoms with van der Waals surface area (Å²) in [5.74, 6) is 0. The molecule has 1 heterocycles. The van der Waals surface area contributed by atoms with Crippen molar-refractivity contribution in [3.05, 3.63) is 51.8 Å². The quantitative estimate of drug-likeness (QED) is 0.662. The van der Waals surface area contributed by atoms with E-state index in [-0.39, 0.29) is 10.6 Å². The number of aryl methyl sites for hydroxylation is 2. The molecule has 0 radical (unpaired) electrons. The fraction of sp³-hybridized carbons (Fsp3) is 0.308. The molecule has 0 saturated carbocycles. The highest BCUT2D eigenvalue weighted by Crippen LogP contribution is 2.20. The van der Waals surface area contributed by atoms with Crippen molar-refractivity contribution in [3.63, 3.8) is 0 Å². The lowest BCUT2D eigenvalue weighted by Gasteiger charge is -2.09. The zero-order valence-corrected chi connectivity index (χ0v) is 11.0. The van der Waals surface area contributed by atoms with Gasteiger partial charge < -0.3 is 5.32 Å². The Kier molecular flexibility index (Phi) is 3.79. The second-order valence-electron chi connectivity index (χ2n) is 4.46. The number of nitro benzene ring substituents is 1. The number of non-ortho nitro benzene ring substituents is 1. The first-order valence-electron chi connectivity index (χ1n) is 6.04. The van der Waals surface area contributed by atoms with Gasteiger partial charge in [0.1, 0.15) is 0 Å². The van der Waals surface area contributed by atoms with Gasteiger partial charge in [-0.3, -0.25) is 14.8 Å². The van der Waals surface area contributed by atoms with Gasteiger partial charge in [-0.1, -0.05) is 0 Å². The summed E-state index contributed by atoms with van der Waals surface area (Å²) in [4.78, 5) is 10.3. The minimum atomic E-state index is -0.386. The van der Waals surface area contributed by atoms with Crippen LogP contribution in [0.5, 0.6) is 0 Å². The molecule has 100 valence electrons. The first kappa shape index (κ1) is 13.1. The van der Waals surface area contributed by atoms with Gasteiger partial charge in [0.25, 0.3) is 5.69 Å². The van der Waals surface area contributed by atoms with Gasteiger partial charge in [0, 0.05) is 30.6 Å². The minimum absolute atomic E-state index is 0.116. The fourth-order valence-electron chi connectivity index (χ4n) is 1.85. The molecule has 0 atom stereocenters. The Labute approximate surface area is 111 Å². The molecular formula is C13H16N4O2. The fourth-order valence-corrected chi connectivity index (χ4v) is 1.85. The highest BCUT2D eigenvalue weighted by molar-refractivity contribution is 5.55. The van der Waals surface area contributed by atoms with Crippen LogP contribution in [0.1, 0.15) is 11.1 Å². The number of benzene rings is 1. The van der Waals surface area contributed by atoms with Crippen LogP contribution in [0.15, 0.2) is 30.6 Å². The minimum Gasteiger partial charge on any atom is -0.383 e. The molecule has 6 heteroatoms. The number of anilines is 1. The number of nitro groups is 1. The second kappa shape index (κ2) is 5.51. The number of nitrogens with zero attached hydrogens (tertiary/aromatic N) is 3. The smallest absolute Gasteiger partial charge is 0.269 e. The van der Waals surface area contributed by atoms with Crippen molar-refractivity contribution in [2.75, 3.05) is 11.9 Å². The van der Waals surface area contributed by atoms with Gasteiger partial charge in [0.15, 0.2) is 0 Å². The van der Waals surface area contributed by atoms with Crippen LogP contribution < -0.4 is 5.32 Å². The van der Waals surface area contributed by atoms with Gasteiger partial charge >= 0.3 is 0 Å². The molecule has 6 nitrogen and oxygen atoms in total. The summed E-state index contributed by atoms with van der Waals surface area (Å²) < 4.78 is 1.86. The van der Waals surface area contributed by atoms with Crippen molar-refractivity contribution >= 4 is 11.4 Å². The number of nitrogens with one attached hydrogen (secondary N) is 1. The molecule has 2 rings (SSSR count). The molecule has 19 heavy (non-hydrogen) atoms. The van der Waals surface area contributed by atoms with E-state index in [1.165, 1.54) is 6.07 Å². The lowest BCUT2D eigenvalue weighted by molar-refractivity contribution is -0.384. The lowest BCUT2D eigenvalue weighted by atomic mass is 10.2. The van der Waals surface area contributed by atoms with Crippen LogP contribution in [0, 0.1) is 24.0 Å². The number of hydrogen-bond acceptors (Lipinski definition) is 4. The molecule has 0 bridgehead atoms. The van der Waals surface area contributed by atoms with Gasteiger partial charge in [0.2, 0.25) is 0 Å². The highest BCUT2D eigenvalue weighted by atomic mass is 16.6. The van der Waals surface area contributed by atoms with E-state index in [9.17, 15) is 10.1 Å². The van der Waals surface area contributed by atoms with E-state index < -0.39 is 0 Å². The highest BCUT2D eigenvalue weighted by Gasteiger charge is 2.07. The molecule has 0 aliphatic carbocycles. The van der Waals surface area contributed by atoms with E-state index >= 15 is 0 Å². The molecule has 1 aromatic heterocycles. The molecule has 2 aromatic rings. The van der Waals surface area contributed by atoms with Gasteiger partial charge in [-0.2, -0.15) is 5.10 Å². The molecule has 0 amide bonds. The Balaban J connectivity index is 1.94. The van der Waals surface area contributed by atoms with E-state index in [0.29, 0.717) is 0 Å². The monoisotopic (exact) mass is 260 g/mol. The zero-order chi connectivity index (χ0) is 13.8.